The minimum atomic E-state index is 0.404. The molecule has 1 aromatic rings. The number of rotatable bonds is 5. The molecule has 0 aliphatic heterocycles. The molecule has 15 heavy (non-hydrogen) atoms. The zero-order chi connectivity index (χ0) is 10.7. The highest BCUT2D eigenvalue weighted by Crippen LogP contribution is 2.31. The summed E-state index contributed by atoms with van der Waals surface area (Å²) in [6, 6.07) is 5.98. The van der Waals surface area contributed by atoms with Crippen molar-refractivity contribution in [1.29, 1.82) is 0 Å². The second-order valence-corrected chi connectivity index (χ2v) is 4.69. The van der Waals surface area contributed by atoms with Crippen LogP contribution in [0.3, 0.4) is 0 Å². The number of carbonyl (C=O) groups is 1. The summed E-state index contributed by atoms with van der Waals surface area (Å²) in [4.78, 5) is 10.4. The molecule has 1 fully saturated rings. The molecule has 0 amide bonds. The van der Waals surface area contributed by atoms with Gasteiger partial charge in [-0.25, -0.2) is 0 Å². The molecule has 0 atom stereocenters. The maximum atomic E-state index is 10.4. The molecule has 80 valence electrons. The minimum absolute atomic E-state index is 0.404. The van der Waals surface area contributed by atoms with Crippen LogP contribution in [0.15, 0.2) is 22.7 Å². The first-order chi connectivity index (χ1) is 7.29. The molecule has 0 saturated heterocycles. The molecule has 2 nitrogen and oxygen atoms in total. The van der Waals surface area contributed by atoms with Crippen molar-refractivity contribution >= 4 is 22.2 Å². The van der Waals surface area contributed by atoms with Gasteiger partial charge in [-0.05, 0) is 43.0 Å². The van der Waals surface area contributed by atoms with Gasteiger partial charge in [0.2, 0.25) is 0 Å². The SMILES string of the molecule is O=CCCc1cc(Br)ccc1OC1CC1. The molecule has 1 aliphatic rings. The molecule has 0 aromatic heterocycles. The lowest BCUT2D eigenvalue weighted by Crippen LogP contribution is -2.00. The molecule has 0 bridgehead atoms. The first kappa shape index (κ1) is 10.7. The smallest absolute Gasteiger partial charge is 0.122 e. The van der Waals surface area contributed by atoms with Gasteiger partial charge in [-0.15, -0.1) is 0 Å². The number of benzene rings is 1. The van der Waals surface area contributed by atoms with Gasteiger partial charge in [0.25, 0.3) is 0 Å². The highest BCUT2D eigenvalue weighted by Gasteiger charge is 2.24. The van der Waals surface area contributed by atoms with Crippen molar-refractivity contribution in [1.82, 2.24) is 0 Å². The summed E-state index contributed by atoms with van der Waals surface area (Å²) in [5.74, 6) is 0.933. The van der Waals surface area contributed by atoms with Crippen LogP contribution in [-0.2, 0) is 11.2 Å². The standard InChI is InChI=1S/C12H13BrO2/c13-10-3-6-12(15-11-4-5-11)9(8-10)2-1-7-14/h3,6-8,11H,1-2,4-5H2. The highest BCUT2D eigenvalue weighted by atomic mass is 79.9. The molecule has 3 heteroatoms. The van der Waals surface area contributed by atoms with E-state index >= 15 is 0 Å². The van der Waals surface area contributed by atoms with Crippen LogP contribution < -0.4 is 4.74 Å². The Bertz CT molecular complexity index is 359. The topological polar surface area (TPSA) is 26.3 Å². The summed E-state index contributed by atoms with van der Waals surface area (Å²) in [7, 11) is 0. The quantitative estimate of drug-likeness (QED) is 0.768. The maximum Gasteiger partial charge on any atom is 0.122 e. The average molecular weight is 269 g/mol. The summed E-state index contributed by atoms with van der Waals surface area (Å²) in [6.45, 7) is 0. The number of carbonyl (C=O) groups excluding carboxylic acids is 1. The number of hydrogen-bond acceptors (Lipinski definition) is 2. The fourth-order valence-corrected chi connectivity index (χ4v) is 1.85. The number of hydrogen-bond donors (Lipinski definition) is 0. The second-order valence-electron chi connectivity index (χ2n) is 3.77. The van der Waals surface area contributed by atoms with Crippen molar-refractivity contribution in [3.8, 4) is 5.75 Å². The predicted molar refractivity (Wildman–Crippen MR) is 62.2 cm³/mol. The third-order valence-electron chi connectivity index (χ3n) is 2.37. The molecule has 0 N–H and O–H groups in total. The van der Waals surface area contributed by atoms with Crippen molar-refractivity contribution in [3.63, 3.8) is 0 Å². The Balaban J connectivity index is 2.13. The fraction of sp³-hybridized carbons (Fsp3) is 0.417. The zero-order valence-electron chi connectivity index (χ0n) is 8.41. The third-order valence-corrected chi connectivity index (χ3v) is 2.87. The molecule has 0 heterocycles. The molecule has 1 aromatic carbocycles. The van der Waals surface area contributed by atoms with Crippen LogP contribution in [-0.4, -0.2) is 12.4 Å². The van der Waals surface area contributed by atoms with Crippen molar-refractivity contribution in [2.75, 3.05) is 0 Å². The normalized spacial score (nSPS) is 15.0. The zero-order valence-corrected chi connectivity index (χ0v) is 10.00. The molecule has 0 spiro atoms. The first-order valence-corrected chi connectivity index (χ1v) is 5.97. The highest BCUT2D eigenvalue weighted by molar-refractivity contribution is 9.10. The Morgan fingerprint density at radius 3 is 2.93 bits per heavy atom. The van der Waals surface area contributed by atoms with Gasteiger partial charge in [0.15, 0.2) is 0 Å². The fourth-order valence-electron chi connectivity index (χ4n) is 1.44. The molecular weight excluding hydrogens is 256 g/mol. The van der Waals surface area contributed by atoms with Gasteiger partial charge in [0.1, 0.15) is 12.0 Å². The predicted octanol–water partition coefficient (Wildman–Crippen LogP) is 3.12. The lowest BCUT2D eigenvalue weighted by molar-refractivity contribution is -0.107. The van der Waals surface area contributed by atoms with E-state index in [1.165, 1.54) is 0 Å². The second kappa shape index (κ2) is 4.79. The van der Waals surface area contributed by atoms with Crippen LogP contribution in [0, 0.1) is 0 Å². The Kier molecular flexibility index (Phi) is 3.41. The van der Waals surface area contributed by atoms with Gasteiger partial charge < -0.3 is 9.53 Å². The van der Waals surface area contributed by atoms with Crippen LogP contribution in [0.25, 0.3) is 0 Å². The number of halogens is 1. The Morgan fingerprint density at radius 1 is 1.47 bits per heavy atom. The van der Waals surface area contributed by atoms with Crippen LogP contribution in [0.2, 0.25) is 0 Å². The summed E-state index contributed by atoms with van der Waals surface area (Å²) < 4.78 is 6.81. The third kappa shape index (κ3) is 3.06. The van der Waals surface area contributed by atoms with Crippen LogP contribution in [0.4, 0.5) is 0 Å². The molecule has 0 radical (unpaired) electrons. The van der Waals surface area contributed by atoms with Gasteiger partial charge in [-0.3, -0.25) is 0 Å². The van der Waals surface area contributed by atoms with E-state index in [1.54, 1.807) is 0 Å². The molecule has 0 unspecified atom stereocenters. The summed E-state index contributed by atoms with van der Waals surface area (Å²) in [5, 5.41) is 0. The van der Waals surface area contributed by atoms with Crippen LogP contribution >= 0.6 is 15.9 Å². The van der Waals surface area contributed by atoms with Crippen molar-refractivity contribution in [2.24, 2.45) is 0 Å². The molecule has 2 rings (SSSR count). The van der Waals surface area contributed by atoms with Gasteiger partial charge in [-0.2, -0.15) is 0 Å². The van der Waals surface area contributed by atoms with E-state index in [-0.39, 0.29) is 0 Å². The Hall–Kier alpha value is -0.830. The van der Waals surface area contributed by atoms with Crippen LogP contribution in [0.5, 0.6) is 5.75 Å². The maximum absolute atomic E-state index is 10.4. The average Bonchev–Trinajstić information content (AvgIpc) is 3.02. The van der Waals surface area contributed by atoms with Gasteiger partial charge in [-0.1, -0.05) is 15.9 Å². The summed E-state index contributed by atoms with van der Waals surface area (Å²) in [6.07, 6.45) is 4.97. The van der Waals surface area contributed by atoms with E-state index in [0.717, 1.165) is 41.3 Å². The van der Waals surface area contributed by atoms with Crippen LogP contribution in [0.1, 0.15) is 24.8 Å². The molecule has 1 aliphatic carbocycles. The van der Waals surface area contributed by atoms with Crippen molar-refractivity contribution in [3.05, 3.63) is 28.2 Å². The number of ether oxygens (including phenoxy) is 1. The lowest BCUT2D eigenvalue weighted by Gasteiger charge is -2.10. The number of aldehydes is 1. The minimum Gasteiger partial charge on any atom is -0.490 e. The van der Waals surface area contributed by atoms with E-state index in [4.69, 9.17) is 4.74 Å². The summed E-state index contributed by atoms with van der Waals surface area (Å²) >= 11 is 3.43. The monoisotopic (exact) mass is 268 g/mol. The Morgan fingerprint density at radius 2 is 2.27 bits per heavy atom. The van der Waals surface area contributed by atoms with E-state index in [1.807, 2.05) is 18.2 Å². The van der Waals surface area contributed by atoms with Crippen molar-refractivity contribution in [2.45, 2.75) is 31.8 Å². The summed E-state index contributed by atoms with van der Waals surface area (Å²) in [5.41, 5.74) is 1.11. The van der Waals surface area contributed by atoms with E-state index < -0.39 is 0 Å². The van der Waals surface area contributed by atoms with Gasteiger partial charge >= 0.3 is 0 Å². The molecular formula is C12H13BrO2. The Labute approximate surface area is 97.8 Å². The lowest BCUT2D eigenvalue weighted by atomic mass is 10.1. The number of aryl methyl sites for hydroxylation is 1. The van der Waals surface area contributed by atoms with Crippen molar-refractivity contribution < 1.29 is 9.53 Å². The first-order valence-electron chi connectivity index (χ1n) is 5.18. The molecule has 1 saturated carbocycles. The largest absolute Gasteiger partial charge is 0.490 e. The van der Waals surface area contributed by atoms with E-state index in [2.05, 4.69) is 15.9 Å². The van der Waals surface area contributed by atoms with E-state index in [9.17, 15) is 4.79 Å². The van der Waals surface area contributed by atoms with Gasteiger partial charge in [0.05, 0.1) is 6.10 Å². The van der Waals surface area contributed by atoms with E-state index in [0.29, 0.717) is 12.5 Å². The van der Waals surface area contributed by atoms with Gasteiger partial charge in [0, 0.05) is 10.9 Å².